The molecule has 0 saturated carbocycles. The third kappa shape index (κ3) is 3.18. The van der Waals surface area contributed by atoms with Gasteiger partial charge in [-0.25, -0.2) is 4.98 Å². The molecule has 0 bridgehead atoms. The molecule has 1 aromatic heterocycles. The summed E-state index contributed by atoms with van der Waals surface area (Å²) in [6.07, 6.45) is 0. The average molecular weight is 331 g/mol. The second-order valence-electron chi connectivity index (χ2n) is 5.21. The lowest BCUT2D eigenvalue weighted by molar-refractivity contribution is 1.04. The van der Waals surface area contributed by atoms with Crippen LogP contribution >= 0.6 is 23.4 Å². The molecule has 0 spiro atoms. The van der Waals surface area contributed by atoms with Crippen LogP contribution < -0.4 is 5.56 Å². The van der Waals surface area contributed by atoms with Crippen LogP contribution in [0.5, 0.6) is 0 Å². The van der Waals surface area contributed by atoms with E-state index < -0.39 is 0 Å². The smallest absolute Gasteiger partial charge is 0.258 e. The van der Waals surface area contributed by atoms with Crippen LogP contribution in [0.4, 0.5) is 0 Å². The van der Waals surface area contributed by atoms with E-state index in [1.54, 1.807) is 30.0 Å². The molecule has 2 aromatic carbocycles. The van der Waals surface area contributed by atoms with E-state index in [4.69, 9.17) is 11.6 Å². The molecule has 112 valence electrons. The number of fused-ring (bicyclic) bond motifs is 1. The van der Waals surface area contributed by atoms with Gasteiger partial charge in [0, 0.05) is 9.92 Å². The monoisotopic (exact) mass is 330 g/mol. The highest BCUT2D eigenvalue weighted by atomic mass is 35.5. The molecule has 0 fully saturated rings. The van der Waals surface area contributed by atoms with E-state index in [9.17, 15) is 4.79 Å². The van der Waals surface area contributed by atoms with Crippen LogP contribution in [0.25, 0.3) is 10.9 Å². The van der Waals surface area contributed by atoms with Crippen molar-refractivity contribution in [2.45, 2.75) is 24.5 Å². The first-order valence-corrected chi connectivity index (χ1v) is 8.28. The normalized spacial score (nSPS) is 11.0. The molecule has 0 aliphatic carbocycles. The van der Waals surface area contributed by atoms with Gasteiger partial charge in [0.05, 0.1) is 16.7 Å². The fourth-order valence-electron chi connectivity index (χ4n) is 2.18. The Morgan fingerprint density at radius 3 is 2.73 bits per heavy atom. The van der Waals surface area contributed by atoms with Crippen molar-refractivity contribution < 1.29 is 0 Å². The molecule has 1 heterocycles. The van der Waals surface area contributed by atoms with Gasteiger partial charge in [-0.3, -0.25) is 4.79 Å². The first kappa shape index (κ1) is 15.1. The van der Waals surface area contributed by atoms with Gasteiger partial charge in [-0.1, -0.05) is 17.7 Å². The Balaban J connectivity index is 1.87. The van der Waals surface area contributed by atoms with Crippen LogP contribution in [-0.4, -0.2) is 9.97 Å². The lowest BCUT2D eigenvalue weighted by atomic mass is 10.1. The maximum Gasteiger partial charge on any atom is 0.258 e. The molecule has 0 unspecified atom stereocenters. The van der Waals surface area contributed by atoms with Gasteiger partial charge >= 0.3 is 0 Å². The molecule has 0 atom stereocenters. The standard InChI is InChI=1S/C17H15ClN2OS/c1-10-3-5-13(7-11(10)2)22-9-16-19-15-8-12(18)4-6-14(15)17(21)20-16/h3-8H,9H2,1-2H3,(H,19,20,21). The van der Waals surface area contributed by atoms with Crippen molar-refractivity contribution in [2.24, 2.45) is 0 Å². The highest BCUT2D eigenvalue weighted by Gasteiger charge is 2.06. The summed E-state index contributed by atoms with van der Waals surface area (Å²) in [4.78, 5) is 20.6. The molecule has 22 heavy (non-hydrogen) atoms. The molecule has 3 rings (SSSR count). The summed E-state index contributed by atoms with van der Waals surface area (Å²) in [5.41, 5.74) is 3.04. The van der Waals surface area contributed by atoms with E-state index in [0.29, 0.717) is 27.5 Å². The zero-order valence-corrected chi connectivity index (χ0v) is 13.9. The van der Waals surface area contributed by atoms with Gasteiger partial charge in [0.25, 0.3) is 5.56 Å². The van der Waals surface area contributed by atoms with Crippen molar-refractivity contribution in [1.82, 2.24) is 9.97 Å². The van der Waals surface area contributed by atoms with Crippen molar-refractivity contribution in [3.8, 4) is 0 Å². The molecule has 0 saturated heterocycles. The van der Waals surface area contributed by atoms with Gasteiger partial charge in [-0.05, 0) is 55.3 Å². The van der Waals surface area contributed by atoms with E-state index in [1.807, 2.05) is 0 Å². The highest BCUT2D eigenvalue weighted by molar-refractivity contribution is 7.98. The summed E-state index contributed by atoms with van der Waals surface area (Å²) in [5.74, 6) is 1.27. The maximum absolute atomic E-state index is 12.1. The minimum Gasteiger partial charge on any atom is -0.309 e. The number of H-pyrrole nitrogens is 1. The molecule has 1 N–H and O–H groups in total. The van der Waals surface area contributed by atoms with Crippen molar-refractivity contribution in [3.05, 3.63) is 68.7 Å². The van der Waals surface area contributed by atoms with E-state index in [2.05, 4.69) is 42.0 Å². The minimum absolute atomic E-state index is 0.127. The predicted octanol–water partition coefficient (Wildman–Crippen LogP) is 4.49. The van der Waals surface area contributed by atoms with Gasteiger partial charge < -0.3 is 4.98 Å². The number of rotatable bonds is 3. The molecule has 0 aliphatic rings. The van der Waals surface area contributed by atoms with Crippen LogP contribution in [0.3, 0.4) is 0 Å². The second kappa shape index (κ2) is 6.15. The fourth-order valence-corrected chi connectivity index (χ4v) is 3.22. The number of aromatic nitrogens is 2. The average Bonchev–Trinajstić information content (AvgIpc) is 2.48. The van der Waals surface area contributed by atoms with Crippen LogP contribution in [0, 0.1) is 13.8 Å². The SMILES string of the molecule is Cc1ccc(SCc2nc3cc(Cl)ccc3c(=O)[nH]2)cc1C. The molecule has 5 heteroatoms. The number of benzene rings is 2. The Bertz CT molecular complexity index is 905. The first-order chi connectivity index (χ1) is 10.5. The van der Waals surface area contributed by atoms with E-state index in [0.717, 1.165) is 4.90 Å². The fraction of sp³-hybridized carbons (Fsp3) is 0.176. The van der Waals surface area contributed by atoms with E-state index >= 15 is 0 Å². The Hall–Kier alpha value is -1.78. The van der Waals surface area contributed by atoms with Crippen LogP contribution in [0.15, 0.2) is 46.1 Å². The largest absolute Gasteiger partial charge is 0.309 e. The molecule has 0 aliphatic heterocycles. The van der Waals surface area contributed by atoms with Crippen molar-refractivity contribution in [2.75, 3.05) is 0 Å². The summed E-state index contributed by atoms with van der Waals surface area (Å²) in [6.45, 7) is 4.19. The predicted molar refractivity (Wildman–Crippen MR) is 92.9 cm³/mol. The maximum atomic E-state index is 12.1. The Morgan fingerprint density at radius 2 is 1.95 bits per heavy atom. The molecule has 0 radical (unpaired) electrons. The Labute approximate surface area is 137 Å². The topological polar surface area (TPSA) is 45.8 Å². The van der Waals surface area contributed by atoms with Gasteiger partial charge in [0.2, 0.25) is 0 Å². The zero-order valence-electron chi connectivity index (χ0n) is 12.3. The Kier molecular flexibility index (Phi) is 4.23. The number of aryl methyl sites for hydroxylation is 2. The van der Waals surface area contributed by atoms with Crippen molar-refractivity contribution >= 4 is 34.3 Å². The third-order valence-corrected chi connectivity index (χ3v) is 4.81. The minimum atomic E-state index is -0.127. The lowest BCUT2D eigenvalue weighted by Crippen LogP contribution is -2.11. The summed E-state index contributed by atoms with van der Waals surface area (Å²) in [7, 11) is 0. The summed E-state index contributed by atoms with van der Waals surface area (Å²) in [5, 5.41) is 1.14. The van der Waals surface area contributed by atoms with Gasteiger partial charge in [0.15, 0.2) is 0 Å². The second-order valence-corrected chi connectivity index (χ2v) is 6.69. The number of hydrogen-bond acceptors (Lipinski definition) is 3. The van der Waals surface area contributed by atoms with Gasteiger partial charge in [-0.2, -0.15) is 0 Å². The van der Waals surface area contributed by atoms with Crippen molar-refractivity contribution in [3.63, 3.8) is 0 Å². The lowest BCUT2D eigenvalue weighted by Gasteiger charge is -2.06. The van der Waals surface area contributed by atoms with Gasteiger partial charge in [-0.15, -0.1) is 11.8 Å². The number of thioether (sulfide) groups is 1. The third-order valence-electron chi connectivity index (χ3n) is 3.57. The summed E-state index contributed by atoms with van der Waals surface area (Å²) in [6, 6.07) is 11.5. The number of nitrogens with zero attached hydrogens (tertiary/aromatic N) is 1. The zero-order chi connectivity index (χ0) is 15.7. The van der Waals surface area contributed by atoms with Crippen molar-refractivity contribution in [1.29, 1.82) is 0 Å². The van der Waals surface area contributed by atoms with Gasteiger partial charge in [0.1, 0.15) is 5.82 Å². The Morgan fingerprint density at radius 1 is 1.14 bits per heavy atom. The van der Waals surface area contributed by atoms with E-state index in [-0.39, 0.29) is 5.56 Å². The number of aromatic amines is 1. The first-order valence-electron chi connectivity index (χ1n) is 6.91. The highest BCUT2D eigenvalue weighted by Crippen LogP contribution is 2.24. The van der Waals surface area contributed by atoms with Crippen LogP contribution in [-0.2, 0) is 5.75 Å². The quantitative estimate of drug-likeness (QED) is 0.720. The van der Waals surface area contributed by atoms with E-state index in [1.165, 1.54) is 11.1 Å². The molecule has 0 amide bonds. The number of halogens is 1. The van der Waals surface area contributed by atoms with Crippen LogP contribution in [0.1, 0.15) is 17.0 Å². The number of hydrogen-bond donors (Lipinski definition) is 1. The molecular formula is C17H15ClN2OS. The molecule has 3 aromatic rings. The molecular weight excluding hydrogens is 316 g/mol. The van der Waals surface area contributed by atoms with Crippen LogP contribution in [0.2, 0.25) is 5.02 Å². The number of nitrogens with one attached hydrogen (secondary N) is 1. The summed E-state index contributed by atoms with van der Waals surface area (Å²) < 4.78 is 0. The summed E-state index contributed by atoms with van der Waals surface area (Å²) >= 11 is 7.62. The molecule has 3 nitrogen and oxygen atoms in total.